The van der Waals surface area contributed by atoms with Crippen LogP contribution >= 0.6 is 0 Å². The lowest BCUT2D eigenvalue weighted by Gasteiger charge is -2.34. The summed E-state index contributed by atoms with van der Waals surface area (Å²) in [5.41, 5.74) is 1.33. The van der Waals surface area contributed by atoms with Crippen molar-refractivity contribution >= 4 is 5.91 Å². The van der Waals surface area contributed by atoms with Crippen LogP contribution in [0, 0.1) is 5.92 Å². The Morgan fingerprint density at radius 3 is 2.55 bits per heavy atom. The Morgan fingerprint density at radius 2 is 1.86 bits per heavy atom. The molecule has 2 aliphatic rings. The van der Waals surface area contributed by atoms with Crippen molar-refractivity contribution in [2.24, 2.45) is 5.92 Å². The Hall–Kier alpha value is -1.35. The van der Waals surface area contributed by atoms with Crippen LogP contribution < -0.4 is 5.32 Å². The first-order valence-corrected chi connectivity index (χ1v) is 8.90. The van der Waals surface area contributed by atoms with E-state index in [2.05, 4.69) is 40.5 Å². The van der Waals surface area contributed by atoms with Crippen LogP contribution in [0.4, 0.5) is 0 Å². The first kappa shape index (κ1) is 15.5. The maximum atomic E-state index is 13.0. The number of carbonyl (C=O) groups excluding carboxylic acids is 1. The lowest BCUT2D eigenvalue weighted by Crippen LogP contribution is -2.47. The molecule has 1 aliphatic carbocycles. The fourth-order valence-corrected chi connectivity index (χ4v) is 3.88. The number of carbonyl (C=O) groups is 1. The predicted molar refractivity (Wildman–Crippen MR) is 89.7 cm³/mol. The van der Waals surface area contributed by atoms with Gasteiger partial charge in [-0.25, -0.2) is 0 Å². The molecule has 22 heavy (non-hydrogen) atoms. The lowest BCUT2D eigenvalue weighted by molar-refractivity contribution is -0.138. The van der Waals surface area contributed by atoms with Gasteiger partial charge in [-0.05, 0) is 44.2 Å². The van der Waals surface area contributed by atoms with Gasteiger partial charge in [-0.3, -0.25) is 4.79 Å². The molecular weight excluding hydrogens is 272 g/mol. The Labute approximate surface area is 134 Å². The molecule has 1 aromatic carbocycles. The zero-order valence-corrected chi connectivity index (χ0v) is 13.5. The van der Waals surface area contributed by atoms with E-state index in [0.29, 0.717) is 11.9 Å². The van der Waals surface area contributed by atoms with Gasteiger partial charge in [0, 0.05) is 19.1 Å². The molecule has 1 atom stereocenters. The largest absolute Gasteiger partial charge is 0.339 e. The molecule has 3 heteroatoms. The molecular formula is C19H28N2O. The van der Waals surface area contributed by atoms with Crippen molar-refractivity contribution in [2.45, 2.75) is 51.0 Å². The Kier molecular flexibility index (Phi) is 5.49. The van der Waals surface area contributed by atoms with Crippen molar-refractivity contribution in [3.05, 3.63) is 35.9 Å². The maximum absolute atomic E-state index is 13.0. The third-order valence-electron chi connectivity index (χ3n) is 5.18. The molecule has 0 radical (unpaired) electrons. The second-order valence-electron chi connectivity index (χ2n) is 6.75. The van der Waals surface area contributed by atoms with Crippen molar-refractivity contribution < 1.29 is 4.79 Å². The first-order chi connectivity index (χ1) is 10.8. The molecule has 1 unspecified atom stereocenters. The van der Waals surface area contributed by atoms with E-state index < -0.39 is 0 Å². The summed E-state index contributed by atoms with van der Waals surface area (Å²) in [7, 11) is 0. The lowest BCUT2D eigenvalue weighted by atomic mass is 9.96. The molecule has 1 heterocycles. The number of rotatable bonds is 5. The molecule has 3 nitrogen and oxygen atoms in total. The summed E-state index contributed by atoms with van der Waals surface area (Å²) in [5, 5.41) is 3.39. The predicted octanol–water partition coefficient (Wildman–Crippen LogP) is 3.00. The Bertz CT molecular complexity index is 462. The zero-order valence-electron chi connectivity index (χ0n) is 13.5. The maximum Gasteiger partial charge on any atom is 0.227 e. The van der Waals surface area contributed by atoms with Crippen molar-refractivity contribution in [3.63, 3.8) is 0 Å². The van der Waals surface area contributed by atoms with Crippen LogP contribution in [0.1, 0.15) is 44.1 Å². The van der Waals surface area contributed by atoms with Gasteiger partial charge < -0.3 is 10.2 Å². The smallest absolute Gasteiger partial charge is 0.227 e. The number of hydrogen-bond donors (Lipinski definition) is 1. The fraction of sp³-hybridized carbons (Fsp3) is 0.632. The molecule has 1 aromatic rings. The van der Waals surface area contributed by atoms with Crippen LogP contribution in [0.2, 0.25) is 0 Å². The summed E-state index contributed by atoms with van der Waals surface area (Å²) >= 11 is 0. The van der Waals surface area contributed by atoms with Crippen LogP contribution in [-0.4, -0.2) is 36.5 Å². The number of amides is 1. The molecule has 1 saturated carbocycles. The summed E-state index contributed by atoms with van der Waals surface area (Å²) in [6.07, 6.45) is 8.12. The van der Waals surface area contributed by atoms with Gasteiger partial charge in [-0.2, -0.15) is 0 Å². The number of hydrogen-bond acceptors (Lipinski definition) is 2. The van der Waals surface area contributed by atoms with Gasteiger partial charge in [0.05, 0.1) is 5.92 Å². The van der Waals surface area contributed by atoms with Crippen LogP contribution in [0.5, 0.6) is 0 Å². The topological polar surface area (TPSA) is 32.3 Å². The summed E-state index contributed by atoms with van der Waals surface area (Å²) in [6.45, 7) is 2.81. The minimum Gasteiger partial charge on any atom is -0.339 e. The average molecular weight is 300 g/mol. The number of nitrogens with zero attached hydrogens (tertiary/aromatic N) is 1. The number of piperidine rings is 1. The third kappa shape index (κ3) is 3.89. The summed E-state index contributed by atoms with van der Waals surface area (Å²) in [6, 6.07) is 11.0. The van der Waals surface area contributed by atoms with Crippen LogP contribution in [0.3, 0.4) is 0 Å². The van der Waals surface area contributed by atoms with Gasteiger partial charge in [0.25, 0.3) is 0 Å². The minimum atomic E-state index is 0.199. The van der Waals surface area contributed by atoms with Crippen molar-refractivity contribution in [1.29, 1.82) is 0 Å². The van der Waals surface area contributed by atoms with Gasteiger partial charge in [0.2, 0.25) is 5.91 Å². The van der Waals surface area contributed by atoms with Gasteiger partial charge in [0.1, 0.15) is 0 Å². The molecule has 1 saturated heterocycles. The van der Waals surface area contributed by atoms with E-state index in [1.54, 1.807) is 0 Å². The molecule has 120 valence electrons. The van der Waals surface area contributed by atoms with Crippen molar-refractivity contribution in [1.82, 2.24) is 10.2 Å². The standard InChI is InChI=1S/C19H28N2O/c22-19(17-9-6-13-20-15-17)21(18-10-4-5-11-18)14-12-16-7-2-1-3-8-16/h1-3,7-8,17-18,20H,4-6,9-15H2. The van der Waals surface area contributed by atoms with Gasteiger partial charge >= 0.3 is 0 Å². The first-order valence-electron chi connectivity index (χ1n) is 8.90. The highest BCUT2D eigenvalue weighted by atomic mass is 16.2. The highest BCUT2D eigenvalue weighted by Gasteiger charge is 2.31. The van der Waals surface area contributed by atoms with Crippen LogP contribution in [-0.2, 0) is 11.2 Å². The molecule has 1 aliphatic heterocycles. The molecule has 0 aromatic heterocycles. The van der Waals surface area contributed by atoms with Gasteiger partial charge in [-0.1, -0.05) is 43.2 Å². The normalized spacial score (nSPS) is 22.6. The van der Waals surface area contributed by atoms with E-state index in [0.717, 1.165) is 38.9 Å². The minimum absolute atomic E-state index is 0.199. The van der Waals surface area contributed by atoms with Gasteiger partial charge in [0.15, 0.2) is 0 Å². The van der Waals surface area contributed by atoms with Crippen LogP contribution in [0.15, 0.2) is 30.3 Å². The van der Waals surface area contributed by atoms with E-state index in [1.165, 1.54) is 31.2 Å². The van der Waals surface area contributed by atoms with Crippen molar-refractivity contribution in [2.75, 3.05) is 19.6 Å². The number of benzene rings is 1. The molecule has 3 rings (SSSR count). The summed E-state index contributed by atoms with van der Waals surface area (Å²) in [4.78, 5) is 15.2. The van der Waals surface area contributed by atoms with E-state index in [-0.39, 0.29) is 5.92 Å². The second-order valence-corrected chi connectivity index (χ2v) is 6.75. The quantitative estimate of drug-likeness (QED) is 0.906. The molecule has 1 amide bonds. The molecule has 0 spiro atoms. The molecule has 0 bridgehead atoms. The van der Waals surface area contributed by atoms with E-state index in [1.807, 2.05) is 0 Å². The highest BCUT2D eigenvalue weighted by molar-refractivity contribution is 5.79. The fourth-order valence-electron chi connectivity index (χ4n) is 3.88. The summed E-state index contributed by atoms with van der Waals surface area (Å²) in [5.74, 6) is 0.597. The summed E-state index contributed by atoms with van der Waals surface area (Å²) < 4.78 is 0. The number of nitrogens with one attached hydrogen (secondary N) is 1. The SMILES string of the molecule is O=C(C1CCCNC1)N(CCc1ccccc1)C1CCCC1. The van der Waals surface area contributed by atoms with Crippen molar-refractivity contribution in [3.8, 4) is 0 Å². The second kappa shape index (κ2) is 7.77. The highest BCUT2D eigenvalue weighted by Crippen LogP contribution is 2.26. The average Bonchev–Trinajstić information content (AvgIpc) is 3.11. The molecule has 2 fully saturated rings. The van der Waals surface area contributed by atoms with Crippen LogP contribution in [0.25, 0.3) is 0 Å². The third-order valence-corrected chi connectivity index (χ3v) is 5.18. The monoisotopic (exact) mass is 300 g/mol. The van der Waals surface area contributed by atoms with E-state index >= 15 is 0 Å². The Balaban J connectivity index is 1.64. The zero-order chi connectivity index (χ0) is 15.2. The Morgan fingerprint density at radius 1 is 1.09 bits per heavy atom. The molecule has 1 N–H and O–H groups in total. The van der Waals surface area contributed by atoms with E-state index in [4.69, 9.17) is 0 Å². The van der Waals surface area contributed by atoms with Gasteiger partial charge in [-0.15, -0.1) is 0 Å². The van der Waals surface area contributed by atoms with E-state index in [9.17, 15) is 4.79 Å².